The number of nitrogens with zero attached hydrogens (tertiary/aromatic N) is 1. The Morgan fingerprint density at radius 1 is 1.31 bits per heavy atom. The van der Waals surface area contributed by atoms with Crippen LogP contribution in [0.1, 0.15) is 38.5 Å². The first-order valence-corrected chi connectivity index (χ1v) is 6.88. The molecule has 0 radical (unpaired) electrons. The maximum atomic E-state index is 10.2. The van der Waals surface area contributed by atoms with Gasteiger partial charge in [-0.05, 0) is 52.1 Å². The van der Waals surface area contributed by atoms with Gasteiger partial charge >= 0.3 is 0 Å². The summed E-state index contributed by atoms with van der Waals surface area (Å²) in [6.45, 7) is 1.24. The Morgan fingerprint density at radius 3 is 2.94 bits per heavy atom. The molecule has 0 aromatic rings. The normalized spacial score (nSPS) is 48.8. The maximum Gasteiger partial charge on any atom is 0.0598 e. The molecule has 2 N–H and O–H groups in total. The van der Waals surface area contributed by atoms with Crippen molar-refractivity contribution in [3.8, 4) is 0 Å². The van der Waals surface area contributed by atoms with Crippen molar-refractivity contribution < 1.29 is 5.11 Å². The van der Waals surface area contributed by atoms with E-state index in [9.17, 15) is 5.11 Å². The molecular weight excluding hydrogens is 200 g/mol. The largest absolute Gasteiger partial charge is 0.393 e. The first-order chi connectivity index (χ1) is 7.74. The Morgan fingerprint density at radius 2 is 2.19 bits per heavy atom. The Labute approximate surface area is 98.2 Å². The lowest BCUT2D eigenvalue weighted by Gasteiger charge is -2.37. The highest BCUT2D eigenvalue weighted by Gasteiger charge is 2.42. The molecule has 2 bridgehead atoms. The molecule has 3 heterocycles. The summed E-state index contributed by atoms with van der Waals surface area (Å²) in [5, 5.41) is 13.9. The van der Waals surface area contributed by atoms with Crippen LogP contribution in [0.4, 0.5) is 0 Å². The lowest BCUT2D eigenvalue weighted by atomic mass is 9.83. The van der Waals surface area contributed by atoms with Crippen molar-refractivity contribution in [2.75, 3.05) is 13.6 Å². The number of aliphatic hydroxyl groups excluding tert-OH is 1. The number of likely N-dealkylation sites (tertiary alicyclic amines) is 1. The molecule has 3 heteroatoms. The summed E-state index contributed by atoms with van der Waals surface area (Å²) >= 11 is 0. The van der Waals surface area contributed by atoms with E-state index in [4.69, 9.17) is 0 Å². The summed E-state index contributed by atoms with van der Waals surface area (Å²) in [7, 11) is 2.23. The predicted octanol–water partition coefficient (Wildman–Crippen LogP) is 0.972. The number of aliphatic hydroxyl groups is 1. The minimum Gasteiger partial charge on any atom is -0.393 e. The second-order valence-electron chi connectivity index (χ2n) is 6.03. The van der Waals surface area contributed by atoms with Gasteiger partial charge in [0.1, 0.15) is 0 Å². The van der Waals surface area contributed by atoms with Crippen molar-refractivity contribution in [2.24, 2.45) is 5.92 Å². The molecule has 0 aliphatic carbocycles. The second-order valence-corrected chi connectivity index (χ2v) is 6.03. The number of fused-ring (bicyclic) bond motifs is 2. The highest BCUT2D eigenvalue weighted by atomic mass is 16.3. The summed E-state index contributed by atoms with van der Waals surface area (Å²) in [4.78, 5) is 2.48. The van der Waals surface area contributed by atoms with Gasteiger partial charge < -0.3 is 15.3 Å². The molecule has 3 aliphatic heterocycles. The highest BCUT2D eigenvalue weighted by molar-refractivity contribution is 4.99. The van der Waals surface area contributed by atoms with Crippen molar-refractivity contribution in [1.82, 2.24) is 10.2 Å². The third kappa shape index (κ3) is 1.89. The van der Waals surface area contributed by atoms with Crippen LogP contribution in [0, 0.1) is 5.92 Å². The van der Waals surface area contributed by atoms with Gasteiger partial charge in [0.05, 0.1) is 6.10 Å². The standard InChI is InChI=1S/C13H24N2O/c1-15-6-2-3-10(15)8-11-12-5-4-9(14-12)7-13(11)16/h9-14,16H,2-8H2,1H3. The van der Waals surface area contributed by atoms with Gasteiger partial charge in [-0.2, -0.15) is 0 Å². The van der Waals surface area contributed by atoms with E-state index in [2.05, 4.69) is 17.3 Å². The summed E-state index contributed by atoms with van der Waals surface area (Å²) in [6, 6.07) is 1.93. The minimum absolute atomic E-state index is 0.0484. The summed E-state index contributed by atoms with van der Waals surface area (Å²) in [5.41, 5.74) is 0. The van der Waals surface area contributed by atoms with Gasteiger partial charge in [0.25, 0.3) is 0 Å². The molecule has 3 saturated heterocycles. The van der Waals surface area contributed by atoms with Crippen LogP contribution in [-0.2, 0) is 0 Å². The van der Waals surface area contributed by atoms with E-state index in [-0.39, 0.29) is 6.10 Å². The number of nitrogens with one attached hydrogen (secondary N) is 1. The lowest BCUT2D eigenvalue weighted by Crippen LogP contribution is -2.49. The van der Waals surface area contributed by atoms with E-state index < -0.39 is 0 Å². The molecule has 92 valence electrons. The van der Waals surface area contributed by atoms with Crippen LogP contribution >= 0.6 is 0 Å². The molecule has 16 heavy (non-hydrogen) atoms. The first kappa shape index (κ1) is 11.0. The zero-order valence-electron chi connectivity index (χ0n) is 10.2. The summed E-state index contributed by atoms with van der Waals surface area (Å²) < 4.78 is 0. The molecule has 3 aliphatic rings. The summed E-state index contributed by atoms with van der Waals surface area (Å²) in [5.74, 6) is 0.504. The van der Waals surface area contributed by atoms with Crippen molar-refractivity contribution in [3.63, 3.8) is 0 Å². The van der Waals surface area contributed by atoms with Gasteiger partial charge in [-0.3, -0.25) is 0 Å². The highest BCUT2D eigenvalue weighted by Crippen LogP contribution is 2.36. The van der Waals surface area contributed by atoms with Gasteiger partial charge in [-0.15, -0.1) is 0 Å². The van der Waals surface area contributed by atoms with Crippen molar-refractivity contribution in [2.45, 2.75) is 62.8 Å². The predicted molar refractivity (Wildman–Crippen MR) is 64.3 cm³/mol. The molecule has 0 spiro atoms. The van der Waals surface area contributed by atoms with Crippen LogP contribution < -0.4 is 5.32 Å². The van der Waals surface area contributed by atoms with E-state index in [0.29, 0.717) is 18.0 Å². The Kier molecular flexibility index (Phi) is 2.94. The average Bonchev–Trinajstić information content (AvgIpc) is 2.81. The van der Waals surface area contributed by atoms with Crippen LogP contribution in [0.3, 0.4) is 0 Å². The molecular formula is C13H24N2O. The summed E-state index contributed by atoms with van der Waals surface area (Å²) in [6.07, 6.45) is 7.36. The van der Waals surface area contributed by atoms with Crippen molar-refractivity contribution in [3.05, 3.63) is 0 Å². The molecule has 5 unspecified atom stereocenters. The fourth-order valence-corrected chi connectivity index (χ4v) is 4.02. The van der Waals surface area contributed by atoms with Gasteiger partial charge in [-0.25, -0.2) is 0 Å². The zero-order valence-corrected chi connectivity index (χ0v) is 10.2. The van der Waals surface area contributed by atoms with Gasteiger partial charge in [0.2, 0.25) is 0 Å². The number of hydrogen-bond donors (Lipinski definition) is 2. The van der Waals surface area contributed by atoms with Crippen LogP contribution in [0.2, 0.25) is 0 Å². The molecule has 0 aromatic carbocycles. The molecule has 0 aromatic heterocycles. The van der Waals surface area contributed by atoms with Crippen LogP contribution in [0.5, 0.6) is 0 Å². The Hall–Kier alpha value is -0.120. The third-order valence-electron chi connectivity index (χ3n) is 5.03. The number of piperidine rings is 1. The van der Waals surface area contributed by atoms with E-state index in [0.717, 1.165) is 12.5 Å². The van der Waals surface area contributed by atoms with E-state index in [1.807, 2.05) is 0 Å². The van der Waals surface area contributed by atoms with Crippen LogP contribution in [0.25, 0.3) is 0 Å². The van der Waals surface area contributed by atoms with E-state index >= 15 is 0 Å². The van der Waals surface area contributed by atoms with E-state index in [1.54, 1.807) is 0 Å². The monoisotopic (exact) mass is 224 g/mol. The fraction of sp³-hybridized carbons (Fsp3) is 1.00. The van der Waals surface area contributed by atoms with Crippen LogP contribution in [-0.4, -0.2) is 47.8 Å². The van der Waals surface area contributed by atoms with Crippen molar-refractivity contribution in [1.29, 1.82) is 0 Å². The maximum absolute atomic E-state index is 10.2. The zero-order chi connectivity index (χ0) is 11.1. The Bertz CT molecular complexity index is 258. The SMILES string of the molecule is CN1CCCC1CC1C(O)CC2CCC1N2. The Balaban J connectivity index is 1.64. The van der Waals surface area contributed by atoms with Gasteiger partial charge in [0, 0.05) is 24.0 Å². The first-order valence-electron chi connectivity index (χ1n) is 6.88. The topological polar surface area (TPSA) is 35.5 Å². The molecule has 5 atom stereocenters. The number of hydrogen-bond acceptors (Lipinski definition) is 3. The quantitative estimate of drug-likeness (QED) is 0.734. The van der Waals surface area contributed by atoms with Gasteiger partial charge in [-0.1, -0.05) is 0 Å². The van der Waals surface area contributed by atoms with Crippen LogP contribution in [0.15, 0.2) is 0 Å². The smallest absolute Gasteiger partial charge is 0.0598 e. The minimum atomic E-state index is -0.0484. The van der Waals surface area contributed by atoms with Crippen molar-refractivity contribution >= 4 is 0 Å². The van der Waals surface area contributed by atoms with E-state index in [1.165, 1.54) is 38.6 Å². The second kappa shape index (κ2) is 4.28. The fourth-order valence-electron chi connectivity index (χ4n) is 4.02. The molecule has 3 fully saturated rings. The molecule has 0 saturated carbocycles. The molecule has 3 nitrogen and oxygen atoms in total. The molecule has 0 amide bonds. The lowest BCUT2D eigenvalue weighted by molar-refractivity contribution is 0.0363. The van der Waals surface area contributed by atoms with Gasteiger partial charge in [0.15, 0.2) is 0 Å². The average molecular weight is 224 g/mol. The third-order valence-corrected chi connectivity index (χ3v) is 5.03. The number of rotatable bonds is 2. The molecule has 3 rings (SSSR count).